The minimum absolute atomic E-state index is 0.107. The highest BCUT2D eigenvalue weighted by molar-refractivity contribution is 5.98. The van der Waals surface area contributed by atoms with Gasteiger partial charge >= 0.3 is 5.97 Å². The van der Waals surface area contributed by atoms with Gasteiger partial charge < -0.3 is 29.2 Å². The molecule has 34 heavy (non-hydrogen) atoms. The Morgan fingerprint density at radius 3 is 2.53 bits per heavy atom. The zero-order chi connectivity index (χ0) is 23.9. The van der Waals surface area contributed by atoms with Gasteiger partial charge in [0.15, 0.2) is 5.79 Å². The van der Waals surface area contributed by atoms with Crippen LogP contribution in [0.25, 0.3) is 11.1 Å². The summed E-state index contributed by atoms with van der Waals surface area (Å²) in [6, 6.07) is 12.5. The molecule has 0 aromatic heterocycles. The summed E-state index contributed by atoms with van der Waals surface area (Å²) in [7, 11) is 2.93. The van der Waals surface area contributed by atoms with Crippen molar-refractivity contribution < 1.29 is 33.3 Å². The Balaban J connectivity index is 1.29. The molecule has 0 bridgehead atoms. The minimum atomic E-state index is -0.996. The molecule has 9 heteroatoms. The third-order valence-corrected chi connectivity index (χ3v) is 6.67. The molecule has 2 saturated heterocycles. The number of ether oxygens (including phenoxy) is 4. The van der Waals surface area contributed by atoms with Gasteiger partial charge in [-0.25, -0.2) is 4.79 Å². The summed E-state index contributed by atoms with van der Waals surface area (Å²) >= 11 is 0. The average Bonchev–Trinajstić information content (AvgIpc) is 3.57. The lowest BCUT2D eigenvalue weighted by Crippen LogP contribution is -2.46. The fourth-order valence-corrected chi connectivity index (χ4v) is 5.07. The SMILES string of the molecule is COC(=O)[C@@H]1CC2(CN1C(=O)CNC(=O)c1ccc3c(c1)-c1ccccc1C3OC)OCCO2. The summed E-state index contributed by atoms with van der Waals surface area (Å²) in [4.78, 5) is 39.5. The number of hydrogen-bond acceptors (Lipinski definition) is 7. The van der Waals surface area contributed by atoms with Gasteiger partial charge in [0.1, 0.15) is 12.1 Å². The first-order chi connectivity index (χ1) is 16.5. The Labute approximate surface area is 196 Å². The Morgan fingerprint density at radius 2 is 1.79 bits per heavy atom. The number of likely N-dealkylation sites (tertiary alicyclic amines) is 1. The van der Waals surface area contributed by atoms with E-state index >= 15 is 0 Å². The maximum atomic E-state index is 13.0. The molecule has 9 nitrogen and oxygen atoms in total. The maximum Gasteiger partial charge on any atom is 0.328 e. The molecule has 1 aliphatic carbocycles. The summed E-state index contributed by atoms with van der Waals surface area (Å²) in [6.45, 7) is 0.641. The topological polar surface area (TPSA) is 103 Å². The molecule has 3 aliphatic rings. The molecule has 2 heterocycles. The number of carbonyl (C=O) groups is 3. The van der Waals surface area contributed by atoms with E-state index < -0.39 is 23.7 Å². The van der Waals surface area contributed by atoms with Crippen LogP contribution in [-0.4, -0.2) is 75.0 Å². The van der Waals surface area contributed by atoms with E-state index in [1.54, 1.807) is 13.2 Å². The smallest absolute Gasteiger partial charge is 0.328 e. The van der Waals surface area contributed by atoms with Crippen molar-refractivity contribution in [3.05, 3.63) is 59.2 Å². The summed E-state index contributed by atoms with van der Waals surface area (Å²) in [5, 5.41) is 2.68. The second-order valence-corrected chi connectivity index (χ2v) is 8.56. The van der Waals surface area contributed by atoms with Crippen molar-refractivity contribution >= 4 is 17.8 Å². The largest absolute Gasteiger partial charge is 0.467 e. The molecule has 0 radical (unpaired) electrons. The third kappa shape index (κ3) is 3.75. The van der Waals surface area contributed by atoms with Crippen molar-refractivity contribution in [2.75, 3.05) is 40.5 Å². The first-order valence-corrected chi connectivity index (χ1v) is 11.2. The van der Waals surface area contributed by atoms with Crippen LogP contribution in [0, 0.1) is 0 Å². The van der Waals surface area contributed by atoms with Crippen LogP contribution in [0.3, 0.4) is 0 Å². The minimum Gasteiger partial charge on any atom is -0.467 e. The van der Waals surface area contributed by atoms with E-state index in [2.05, 4.69) is 5.32 Å². The molecule has 178 valence electrons. The zero-order valence-electron chi connectivity index (χ0n) is 19.0. The van der Waals surface area contributed by atoms with Gasteiger partial charge in [0.2, 0.25) is 5.91 Å². The lowest BCUT2D eigenvalue weighted by Gasteiger charge is -2.23. The van der Waals surface area contributed by atoms with Crippen LogP contribution in [0.2, 0.25) is 0 Å². The van der Waals surface area contributed by atoms with Crippen LogP contribution >= 0.6 is 0 Å². The molecule has 2 aliphatic heterocycles. The highest BCUT2D eigenvalue weighted by Crippen LogP contribution is 2.45. The van der Waals surface area contributed by atoms with Gasteiger partial charge in [0, 0.05) is 19.1 Å². The average molecular weight is 466 g/mol. The highest BCUT2D eigenvalue weighted by Gasteiger charge is 2.53. The predicted octanol–water partition coefficient (Wildman–Crippen LogP) is 1.65. The van der Waals surface area contributed by atoms with Crippen LogP contribution in [0.15, 0.2) is 42.5 Å². The monoisotopic (exact) mass is 466 g/mol. The fourth-order valence-electron chi connectivity index (χ4n) is 5.07. The normalized spacial score (nSPS) is 21.9. The summed E-state index contributed by atoms with van der Waals surface area (Å²) in [5.41, 5.74) is 4.44. The number of nitrogens with zero attached hydrogens (tertiary/aromatic N) is 1. The fraction of sp³-hybridized carbons (Fsp3) is 0.400. The van der Waals surface area contributed by atoms with E-state index in [9.17, 15) is 14.4 Å². The lowest BCUT2D eigenvalue weighted by atomic mass is 10.0. The van der Waals surface area contributed by atoms with Gasteiger partial charge in [-0.15, -0.1) is 0 Å². The number of rotatable bonds is 5. The van der Waals surface area contributed by atoms with Crippen LogP contribution in [0.4, 0.5) is 0 Å². The van der Waals surface area contributed by atoms with Gasteiger partial charge in [-0.3, -0.25) is 9.59 Å². The quantitative estimate of drug-likeness (QED) is 0.669. The van der Waals surface area contributed by atoms with Crippen LogP contribution < -0.4 is 5.32 Å². The number of amides is 2. The molecule has 2 aromatic carbocycles. The standard InChI is InChI=1S/C25H26N2O7/c1-31-22-17-6-4-3-5-16(17)19-11-15(7-8-18(19)22)23(29)26-13-21(28)27-14-25(33-9-10-34-25)12-20(27)24(30)32-2/h3-8,11,20,22H,9-10,12-14H2,1-2H3,(H,26,29)/t20-,22?/m0/s1. The van der Waals surface area contributed by atoms with Crippen molar-refractivity contribution in [2.45, 2.75) is 24.4 Å². The summed E-state index contributed by atoms with van der Waals surface area (Å²) in [5.74, 6) is -2.33. The van der Waals surface area contributed by atoms with Gasteiger partial charge in [-0.1, -0.05) is 30.3 Å². The Morgan fingerprint density at radius 1 is 1.06 bits per heavy atom. The Hall–Kier alpha value is -3.27. The molecule has 1 unspecified atom stereocenters. The van der Waals surface area contributed by atoms with Crippen molar-refractivity contribution in [3.63, 3.8) is 0 Å². The second-order valence-electron chi connectivity index (χ2n) is 8.56. The molecule has 2 atom stereocenters. The molecule has 1 N–H and O–H groups in total. The second kappa shape index (κ2) is 8.83. The number of hydrogen-bond donors (Lipinski definition) is 1. The third-order valence-electron chi connectivity index (χ3n) is 6.67. The number of nitrogens with one attached hydrogen (secondary N) is 1. The summed E-state index contributed by atoms with van der Waals surface area (Å²) in [6.07, 6.45) is 0.0206. The van der Waals surface area contributed by atoms with E-state index in [4.69, 9.17) is 18.9 Å². The first kappa shape index (κ1) is 22.5. The van der Waals surface area contributed by atoms with E-state index in [0.717, 1.165) is 22.3 Å². The maximum absolute atomic E-state index is 13.0. The summed E-state index contributed by atoms with van der Waals surface area (Å²) < 4.78 is 21.9. The van der Waals surface area contributed by atoms with Crippen molar-refractivity contribution in [2.24, 2.45) is 0 Å². The van der Waals surface area contributed by atoms with E-state index in [1.807, 2.05) is 36.4 Å². The molecule has 2 aromatic rings. The number of fused-ring (bicyclic) bond motifs is 3. The molecule has 5 rings (SSSR count). The molecular formula is C25H26N2O7. The van der Waals surface area contributed by atoms with Crippen LogP contribution in [-0.2, 0) is 28.5 Å². The van der Waals surface area contributed by atoms with Gasteiger partial charge in [-0.05, 0) is 34.4 Å². The first-order valence-electron chi connectivity index (χ1n) is 11.2. The number of benzene rings is 2. The van der Waals surface area contributed by atoms with Crippen molar-refractivity contribution in [1.82, 2.24) is 10.2 Å². The van der Waals surface area contributed by atoms with E-state index in [0.29, 0.717) is 18.8 Å². The lowest BCUT2D eigenvalue weighted by molar-refractivity contribution is -0.152. The zero-order valence-corrected chi connectivity index (χ0v) is 19.0. The Kier molecular flexibility index (Phi) is 5.85. The van der Waals surface area contributed by atoms with Crippen LogP contribution in [0.1, 0.15) is 34.0 Å². The van der Waals surface area contributed by atoms with Gasteiger partial charge in [-0.2, -0.15) is 0 Å². The van der Waals surface area contributed by atoms with E-state index in [1.165, 1.54) is 12.0 Å². The van der Waals surface area contributed by atoms with Gasteiger partial charge in [0.05, 0.1) is 33.4 Å². The van der Waals surface area contributed by atoms with Crippen LogP contribution in [0.5, 0.6) is 0 Å². The molecule has 0 saturated carbocycles. The number of methoxy groups -OCH3 is 2. The molecule has 2 amide bonds. The molecule has 2 fully saturated rings. The van der Waals surface area contributed by atoms with Gasteiger partial charge in [0.25, 0.3) is 5.91 Å². The molecule has 1 spiro atoms. The van der Waals surface area contributed by atoms with Crippen molar-refractivity contribution in [3.8, 4) is 11.1 Å². The van der Waals surface area contributed by atoms with Crippen molar-refractivity contribution in [1.29, 1.82) is 0 Å². The highest BCUT2D eigenvalue weighted by atomic mass is 16.7. The number of carbonyl (C=O) groups excluding carboxylic acids is 3. The van der Waals surface area contributed by atoms with E-state index in [-0.39, 0.29) is 31.5 Å². The number of esters is 1. The predicted molar refractivity (Wildman–Crippen MR) is 120 cm³/mol. The molecular weight excluding hydrogens is 440 g/mol. The Bertz CT molecular complexity index is 1140.